The second kappa shape index (κ2) is 5.98. The fraction of sp³-hybridized carbons (Fsp3) is 0.900. The summed E-state index contributed by atoms with van der Waals surface area (Å²) < 4.78 is 0. The molecule has 4 N–H and O–H groups in total. The highest BCUT2D eigenvalue weighted by atomic mass is 16.4. The monoisotopic (exact) mass is 200 g/mol. The summed E-state index contributed by atoms with van der Waals surface area (Å²) in [6.45, 7) is 2.20. The maximum absolute atomic E-state index is 10.9. The first-order chi connectivity index (χ1) is 6.75. The molecule has 1 aliphatic carbocycles. The van der Waals surface area contributed by atoms with Gasteiger partial charge in [0.2, 0.25) is 0 Å². The average molecular weight is 200 g/mol. The third kappa shape index (κ3) is 3.27. The van der Waals surface area contributed by atoms with E-state index in [0.717, 1.165) is 32.4 Å². The van der Waals surface area contributed by atoms with E-state index in [1.54, 1.807) is 0 Å². The Morgan fingerprint density at radius 1 is 1.43 bits per heavy atom. The summed E-state index contributed by atoms with van der Waals surface area (Å²) in [6.07, 6.45) is 4.10. The maximum atomic E-state index is 10.9. The Labute approximate surface area is 84.9 Å². The van der Waals surface area contributed by atoms with Crippen LogP contribution in [-0.2, 0) is 4.79 Å². The van der Waals surface area contributed by atoms with Crippen LogP contribution in [0.3, 0.4) is 0 Å². The zero-order chi connectivity index (χ0) is 10.4. The predicted molar refractivity (Wildman–Crippen MR) is 55.0 cm³/mol. The molecule has 1 saturated carbocycles. The molecular formula is C10H20N2O2. The Kier molecular flexibility index (Phi) is 4.90. The van der Waals surface area contributed by atoms with Gasteiger partial charge in [0.25, 0.3) is 0 Å². The minimum absolute atomic E-state index is 0.144. The van der Waals surface area contributed by atoms with Crippen molar-refractivity contribution in [3.05, 3.63) is 0 Å². The molecule has 0 spiro atoms. The van der Waals surface area contributed by atoms with Gasteiger partial charge in [-0.25, -0.2) is 0 Å². The van der Waals surface area contributed by atoms with E-state index >= 15 is 0 Å². The van der Waals surface area contributed by atoms with Crippen LogP contribution in [-0.4, -0.2) is 30.7 Å². The van der Waals surface area contributed by atoms with E-state index in [9.17, 15) is 4.79 Å². The highest BCUT2D eigenvalue weighted by Crippen LogP contribution is 2.29. The van der Waals surface area contributed by atoms with Gasteiger partial charge in [0.05, 0.1) is 5.92 Å². The largest absolute Gasteiger partial charge is 0.481 e. The molecule has 2 unspecified atom stereocenters. The third-order valence-electron chi connectivity index (χ3n) is 2.95. The standard InChI is InChI=1S/C10H20N2O2/c11-5-6-12-7-8-3-1-2-4-9(8)10(13)14/h8-9,12H,1-7,11H2,(H,13,14). The Hall–Kier alpha value is -0.610. The predicted octanol–water partition coefficient (Wildman–Crippen LogP) is 0.426. The van der Waals surface area contributed by atoms with E-state index in [4.69, 9.17) is 10.8 Å². The third-order valence-corrected chi connectivity index (χ3v) is 2.95. The van der Waals surface area contributed by atoms with Gasteiger partial charge in [-0.3, -0.25) is 4.79 Å². The fourth-order valence-electron chi connectivity index (χ4n) is 2.17. The van der Waals surface area contributed by atoms with Crippen molar-refractivity contribution in [2.75, 3.05) is 19.6 Å². The lowest BCUT2D eigenvalue weighted by Gasteiger charge is -2.28. The molecule has 4 nitrogen and oxygen atoms in total. The van der Waals surface area contributed by atoms with Gasteiger partial charge in [-0.2, -0.15) is 0 Å². The van der Waals surface area contributed by atoms with Crippen LogP contribution in [0.4, 0.5) is 0 Å². The lowest BCUT2D eigenvalue weighted by molar-refractivity contribution is -0.144. The van der Waals surface area contributed by atoms with Crippen molar-refractivity contribution in [1.29, 1.82) is 0 Å². The van der Waals surface area contributed by atoms with Gasteiger partial charge in [-0.05, 0) is 25.3 Å². The van der Waals surface area contributed by atoms with Crippen LogP contribution in [0.2, 0.25) is 0 Å². The SMILES string of the molecule is NCCNCC1CCCCC1C(=O)O. The molecule has 82 valence electrons. The van der Waals surface area contributed by atoms with Gasteiger partial charge in [-0.1, -0.05) is 12.8 Å². The van der Waals surface area contributed by atoms with Crippen molar-refractivity contribution in [3.63, 3.8) is 0 Å². The van der Waals surface area contributed by atoms with Gasteiger partial charge < -0.3 is 16.2 Å². The van der Waals surface area contributed by atoms with Gasteiger partial charge in [0.1, 0.15) is 0 Å². The van der Waals surface area contributed by atoms with Crippen molar-refractivity contribution >= 4 is 5.97 Å². The van der Waals surface area contributed by atoms with Crippen LogP contribution in [0.5, 0.6) is 0 Å². The first kappa shape index (κ1) is 11.5. The number of hydrogen-bond acceptors (Lipinski definition) is 3. The smallest absolute Gasteiger partial charge is 0.306 e. The molecule has 0 bridgehead atoms. The van der Waals surface area contributed by atoms with Crippen LogP contribution in [0.1, 0.15) is 25.7 Å². The van der Waals surface area contributed by atoms with Crippen LogP contribution in [0.25, 0.3) is 0 Å². The van der Waals surface area contributed by atoms with Crippen molar-refractivity contribution < 1.29 is 9.90 Å². The van der Waals surface area contributed by atoms with Gasteiger partial charge in [0.15, 0.2) is 0 Å². The molecule has 1 fully saturated rings. The number of aliphatic carboxylic acids is 1. The van der Waals surface area contributed by atoms with Crippen LogP contribution < -0.4 is 11.1 Å². The van der Waals surface area contributed by atoms with Crippen LogP contribution in [0.15, 0.2) is 0 Å². The molecular weight excluding hydrogens is 180 g/mol. The van der Waals surface area contributed by atoms with Crippen molar-refractivity contribution in [2.45, 2.75) is 25.7 Å². The van der Waals surface area contributed by atoms with E-state index in [2.05, 4.69) is 5.32 Å². The highest BCUT2D eigenvalue weighted by molar-refractivity contribution is 5.70. The molecule has 14 heavy (non-hydrogen) atoms. The van der Waals surface area contributed by atoms with Crippen molar-refractivity contribution in [3.8, 4) is 0 Å². The van der Waals surface area contributed by atoms with Gasteiger partial charge >= 0.3 is 5.97 Å². The van der Waals surface area contributed by atoms with Crippen molar-refractivity contribution in [2.24, 2.45) is 17.6 Å². The molecule has 4 heteroatoms. The Bertz CT molecular complexity index is 185. The molecule has 1 rings (SSSR count). The quantitative estimate of drug-likeness (QED) is 0.562. The Balaban J connectivity index is 2.34. The van der Waals surface area contributed by atoms with E-state index in [-0.39, 0.29) is 5.92 Å². The summed E-state index contributed by atoms with van der Waals surface area (Å²) in [4.78, 5) is 10.9. The molecule has 0 aromatic rings. The Morgan fingerprint density at radius 3 is 2.79 bits per heavy atom. The maximum Gasteiger partial charge on any atom is 0.306 e. The van der Waals surface area contributed by atoms with E-state index in [1.807, 2.05) is 0 Å². The molecule has 0 aliphatic heterocycles. The lowest BCUT2D eigenvalue weighted by atomic mass is 9.79. The second-order valence-corrected chi connectivity index (χ2v) is 3.98. The molecule has 0 aromatic carbocycles. The molecule has 0 radical (unpaired) electrons. The van der Waals surface area contributed by atoms with Gasteiger partial charge in [-0.15, -0.1) is 0 Å². The highest BCUT2D eigenvalue weighted by Gasteiger charge is 2.29. The zero-order valence-electron chi connectivity index (χ0n) is 8.54. The number of hydrogen-bond donors (Lipinski definition) is 3. The minimum atomic E-state index is -0.635. The number of nitrogens with one attached hydrogen (secondary N) is 1. The molecule has 0 aromatic heterocycles. The Morgan fingerprint density at radius 2 is 2.14 bits per heavy atom. The fourth-order valence-corrected chi connectivity index (χ4v) is 2.17. The summed E-state index contributed by atoms with van der Waals surface area (Å²) in [7, 11) is 0. The number of carbonyl (C=O) groups is 1. The number of carboxylic acid groups (broad SMARTS) is 1. The molecule has 0 amide bonds. The average Bonchev–Trinajstić information content (AvgIpc) is 2.19. The lowest BCUT2D eigenvalue weighted by Crippen LogP contribution is -2.36. The van der Waals surface area contributed by atoms with E-state index < -0.39 is 5.97 Å². The summed E-state index contributed by atoms with van der Waals surface area (Å²) >= 11 is 0. The first-order valence-corrected chi connectivity index (χ1v) is 5.39. The van der Waals surface area contributed by atoms with Crippen LogP contribution in [0, 0.1) is 11.8 Å². The summed E-state index contributed by atoms with van der Waals surface area (Å²) in [5.74, 6) is -0.480. The molecule has 2 atom stereocenters. The molecule has 1 aliphatic rings. The zero-order valence-corrected chi connectivity index (χ0v) is 8.54. The minimum Gasteiger partial charge on any atom is -0.481 e. The number of nitrogens with two attached hydrogens (primary N) is 1. The van der Waals surface area contributed by atoms with Crippen molar-refractivity contribution in [1.82, 2.24) is 5.32 Å². The molecule has 0 heterocycles. The van der Waals surface area contributed by atoms with E-state index in [0.29, 0.717) is 12.5 Å². The topological polar surface area (TPSA) is 75.3 Å². The number of carboxylic acids is 1. The van der Waals surface area contributed by atoms with Gasteiger partial charge in [0, 0.05) is 13.1 Å². The normalized spacial score (nSPS) is 27.5. The molecule has 0 saturated heterocycles. The summed E-state index contributed by atoms with van der Waals surface area (Å²) in [5.41, 5.74) is 5.36. The number of rotatable bonds is 5. The van der Waals surface area contributed by atoms with E-state index in [1.165, 1.54) is 6.42 Å². The first-order valence-electron chi connectivity index (χ1n) is 5.39. The van der Waals surface area contributed by atoms with Crippen LogP contribution >= 0.6 is 0 Å². The summed E-state index contributed by atoms with van der Waals surface area (Å²) in [5, 5.41) is 12.2. The summed E-state index contributed by atoms with van der Waals surface area (Å²) in [6, 6.07) is 0. The second-order valence-electron chi connectivity index (χ2n) is 3.98.